The Morgan fingerprint density at radius 1 is 1.32 bits per heavy atom. The molecule has 0 N–H and O–H groups in total. The van der Waals surface area contributed by atoms with Crippen LogP contribution in [-0.2, 0) is 16.0 Å². The molecule has 0 bridgehead atoms. The van der Waals surface area contributed by atoms with Crippen molar-refractivity contribution in [2.24, 2.45) is 5.41 Å². The fraction of sp³-hybridized carbons (Fsp3) is 0.545. The number of rotatable bonds is 8. The van der Waals surface area contributed by atoms with Gasteiger partial charge in [-0.25, -0.2) is 4.39 Å². The van der Waals surface area contributed by atoms with Gasteiger partial charge in [0.25, 0.3) is 0 Å². The molecular weight excluding hydrogens is 379 g/mol. The Kier molecular flexibility index (Phi) is 7.24. The molecule has 0 saturated carbocycles. The Bertz CT molecular complexity index is 806. The van der Waals surface area contributed by atoms with Crippen molar-refractivity contribution in [2.75, 3.05) is 32.1 Å². The first-order valence-corrected chi connectivity index (χ1v) is 10.6. The molecule has 0 aliphatic carbocycles. The summed E-state index contributed by atoms with van der Waals surface area (Å²) in [5, 5.41) is 0.851. The predicted molar refractivity (Wildman–Crippen MR) is 110 cm³/mol. The van der Waals surface area contributed by atoms with Crippen molar-refractivity contribution in [1.82, 2.24) is 9.88 Å². The van der Waals surface area contributed by atoms with Crippen molar-refractivity contribution in [3.8, 4) is 0 Å². The average Bonchev–Trinajstić information content (AvgIpc) is 2.71. The maximum absolute atomic E-state index is 14.4. The van der Waals surface area contributed by atoms with Crippen molar-refractivity contribution in [3.05, 3.63) is 41.8 Å². The fourth-order valence-electron chi connectivity index (χ4n) is 4.20. The number of para-hydroxylation sites is 1. The van der Waals surface area contributed by atoms with Crippen molar-refractivity contribution >= 4 is 28.5 Å². The number of ether oxygens (including phenoxy) is 1. The summed E-state index contributed by atoms with van der Waals surface area (Å²) in [4.78, 5) is 19.2. The molecule has 2 heterocycles. The molecule has 1 aliphatic heterocycles. The number of hydrogen-bond donors (Lipinski definition) is 0. The molecule has 0 radical (unpaired) electrons. The summed E-state index contributed by atoms with van der Waals surface area (Å²) in [7, 11) is 0. The molecule has 1 aromatic carbocycles. The molecule has 1 aromatic heterocycles. The van der Waals surface area contributed by atoms with Crippen LogP contribution in [0.15, 0.2) is 30.5 Å². The zero-order valence-corrected chi connectivity index (χ0v) is 17.2. The number of pyridine rings is 1. The zero-order valence-electron chi connectivity index (χ0n) is 16.4. The first-order valence-electron chi connectivity index (χ1n) is 10.1. The third kappa shape index (κ3) is 4.64. The third-order valence-corrected chi connectivity index (χ3v) is 6.01. The molecule has 1 aliphatic rings. The molecule has 3 rings (SSSR count). The van der Waals surface area contributed by atoms with Gasteiger partial charge in [0.1, 0.15) is 5.82 Å². The highest BCUT2D eigenvalue weighted by molar-refractivity contribution is 6.18. The lowest BCUT2D eigenvalue weighted by Crippen LogP contribution is -2.45. The summed E-state index contributed by atoms with van der Waals surface area (Å²) in [6.45, 7) is 4.76. The maximum Gasteiger partial charge on any atom is 0.312 e. The summed E-state index contributed by atoms with van der Waals surface area (Å²) in [5.41, 5.74) is 1.01. The van der Waals surface area contributed by atoms with E-state index in [9.17, 15) is 9.18 Å². The topological polar surface area (TPSA) is 42.4 Å². The smallest absolute Gasteiger partial charge is 0.312 e. The third-order valence-electron chi connectivity index (χ3n) is 5.84. The molecule has 1 fully saturated rings. The van der Waals surface area contributed by atoms with Crippen molar-refractivity contribution in [2.45, 2.75) is 39.0 Å². The molecule has 6 heteroatoms. The second-order valence-corrected chi connectivity index (χ2v) is 7.86. The minimum absolute atomic E-state index is 0.111. The number of carbonyl (C=O) groups excluding carboxylic acids is 1. The molecular formula is C22H28ClFN2O2. The van der Waals surface area contributed by atoms with E-state index in [1.54, 1.807) is 0 Å². The summed E-state index contributed by atoms with van der Waals surface area (Å²) in [6.07, 6.45) is 4.85. The highest BCUT2D eigenvalue weighted by atomic mass is 35.5. The first kappa shape index (κ1) is 21.0. The minimum Gasteiger partial charge on any atom is -0.466 e. The lowest BCUT2D eigenvalue weighted by atomic mass is 9.74. The highest BCUT2D eigenvalue weighted by Crippen LogP contribution is 2.38. The number of benzene rings is 1. The number of hydrogen-bond acceptors (Lipinski definition) is 4. The van der Waals surface area contributed by atoms with Gasteiger partial charge in [-0.3, -0.25) is 9.78 Å². The fourth-order valence-corrected chi connectivity index (χ4v) is 4.44. The molecule has 2 aromatic rings. The van der Waals surface area contributed by atoms with Gasteiger partial charge in [0.15, 0.2) is 0 Å². The van der Waals surface area contributed by atoms with Crippen LogP contribution in [0.3, 0.4) is 0 Å². The number of carbonyl (C=O) groups is 1. The second kappa shape index (κ2) is 9.66. The SMILES string of the molecule is CCOC(=O)C1(CCCc2c(F)cnc3ccccc23)CCN(CCCl)CC1. The van der Waals surface area contributed by atoms with Crippen LogP contribution in [0, 0.1) is 11.2 Å². The molecule has 1 saturated heterocycles. The molecule has 0 atom stereocenters. The molecule has 4 nitrogen and oxygen atoms in total. The first-order chi connectivity index (χ1) is 13.6. The number of halogens is 2. The van der Waals surface area contributed by atoms with Crippen LogP contribution in [0.25, 0.3) is 10.9 Å². The number of piperidine rings is 1. The zero-order chi connectivity index (χ0) is 20.0. The van der Waals surface area contributed by atoms with Gasteiger partial charge in [-0.15, -0.1) is 11.6 Å². The molecule has 28 heavy (non-hydrogen) atoms. The summed E-state index contributed by atoms with van der Waals surface area (Å²) >= 11 is 5.86. The standard InChI is InChI=1S/C22H28ClFN2O2/c1-2-28-21(27)22(10-13-26(14-11-22)15-12-23)9-5-7-17-18-6-3-4-8-20(18)25-16-19(17)24/h3-4,6,8,16H,2,5,7,9-15H2,1H3. The van der Waals surface area contributed by atoms with Crippen molar-refractivity contribution in [3.63, 3.8) is 0 Å². The maximum atomic E-state index is 14.4. The number of nitrogens with zero attached hydrogens (tertiary/aromatic N) is 2. The number of alkyl halides is 1. The van der Waals surface area contributed by atoms with Gasteiger partial charge in [0, 0.05) is 17.8 Å². The monoisotopic (exact) mass is 406 g/mol. The molecule has 0 unspecified atom stereocenters. The van der Waals surface area contributed by atoms with Gasteiger partial charge in [0.05, 0.1) is 23.7 Å². The number of likely N-dealkylation sites (tertiary alicyclic amines) is 1. The van der Waals surface area contributed by atoms with Gasteiger partial charge >= 0.3 is 5.97 Å². The van der Waals surface area contributed by atoms with E-state index in [1.807, 2.05) is 31.2 Å². The van der Waals surface area contributed by atoms with E-state index in [0.717, 1.165) is 49.8 Å². The van der Waals surface area contributed by atoms with Gasteiger partial charge in [0.2, 0.25) is 0 Å². The van der Waals surface area contributed by atoms with Crippen LogP contribution >= 0.6 is 11.6 Å². The number of aromatic nitrogens is 1. The predicted octanol–water partition coefficient (Wildman–Crippen LogP) is 4.58. The van der Waals surface area contributed by atoms with E-state index in [-0.39, 0.29) is 11.8 Å². The van der Waals surface area contributed by atoms with E-state index in [0.29, 0.717) is 30.9 Å². The summed E-state index contributed by atoms with van der Waals surface area (Å²) in [6, 6.07) is 7.61. The van der Waals surface area contributed by atoms with E-state index in [2.05, 4.69) is 9.88 Å². The van der Waals surface area contributed by atoms with E-state index in [4.69, 9.17) is 16.3 Å². The Hall–Kier alpha value is -1.72. The van der Waals surface area contributed by atoms with Crippen molar-refractivity contribution < 1.29 is 13.9 Å². The van der Waals surface area contributed by atoms with Crippen molar-refractivity contribution in [1.29, 1.82) is 0 Å². The Morgan fingerprint density at radius 2 is 2.07 bits per heavy atom. The minimum atomic E-state index is -0.474. The van der Waals surface area contributed by atoms with Crippen LogP contribution in [0.4, 0.5) is 4.39 Å². The van der Waals surface area contributed by atoms with Crippen LogP contribution < -0.4 is 0 Å². The number of aryl methyl sites for hydroxylation is 1. The van der Waals surface area contributed by atoms with Gasteiger partial charge < -0.3 is 9.64 Å². The highest BCUT2D eigenvalue weighted by Gasteiger charge is 2.42. The Morgan fingerprint density at radius 3 is 2.79 bits per heavy atom. The Labute approximate surface area is 171 Å². The van der Waals surface area contributed by atoms with Crippen LogP contribution in [0.1, 0.15) is 38.2 Å². The van der Waals surface area contributed by atoms with E-state index < -0.39 is 5.41 Å². The molecule has 0 amide bonds. The lowest BCUT2D eigenvalue weighted by Gasteiger charge is -2.40. The Balaban J connectivity index is 1.71. The van der Waals surface area contributed by atoms with E-state index >= 15 is 0 Å². The molecule has 0 spiro atoms. The van der Waals surface area contributed by atoms with Crippen LogP contribution in [-0.4, -0.2) is 48.0 Å². The number of fused-ring (bicyclic) bond motifs is 1. The van der Waals surface area contributed by atoms with Crippen LogP contribution in [0.2, 0.25) is 0 Å². The number of esters is 1. The molecule has 152 valence electrons. The average molecular weight is 407 g/mol. The normalized spacial score (nSPS) is 17.0. The van der Waals surface area contributed by atoms with Gasteiger partial charge in [-0.2, -0.15) is 0 Å². The van der Waals surface area contributed by atoms with Crippen LogP contribution in [0.5, 0.6) is 0 Å². The largest absolute Gasteiger partial charge is 0.466 e. The lowest BCUT2D eigenvalue weighted by molar-refractivity contribution is -0.159. The summed E-state index contributed by atoms with van der Waals surface area (Å²) < 4.78 is 19.8. The van der Waals surface area contributed by atoms with Gasteiger partial charge in [-0.1, -0.05) is 18.2 Å². The summed E-state index contributed by atoms with van der Waals surface area (Å²) in [5.74, 6) is 0.210. The van der Waals surface area contributed by atoms with Gasteiger partial charge in [-0.05, 0) is 63.7 Å². The second-order valence-electron chi connectivity index (χ2n) is 7.49. The van der Waals surface area contributed by atoms with E-state index in [1.165, 1.54) is 6.20 Å². The quantitative estimate of drug-likeness (QED) is 0.475.